The van der Waals surface area contributed by atoms with Crippen molar-refractivity contribution in [3.8, 4) is 0 Å². The van der Waals surface area contributed by atoms with Gasteiger partial charge in [0.15, 0.2) is 0 Å². The third-order valence-corrected chi connectivity index (χ3v) is 2.62. The highest BCUT2D eigenvalue weighted by Crippen LogP contribution is 2.37. The van der Waals surface area contributed by atoms with Gasteiger partial charge < -0.3 is 5.11 Å². The molecule has 0 fully saturated rings. The van der Waals surface area contributed by atoms with Gasteiger partial charge in [-0.15, -0.1) is 0 Å². The summed E-state index contributed by atoms with van der Waals surface area (Å²) in [5.41, 5.74) is -0.588. The molecule has 1 rings (SSSR count). The molecular weight excluding hydrogens is 136 g/mol. The molecule has 0 unspecified atom stereocenters. The van der Waals surface area contributed by atoms with Crippen molar-refractivity contribution in [1.82, 2.24) is 0 Å². The molecule has 0 aromatic heterocycles. The van der Waals surface area contributed by atoms with Crippen molar-refractivity contribution in [2.24, 2.45) is 5.41 Å². The van der Waals surface area contributed by atoms with E-state index in [1.165, 1.54) is 0 Å². The van der Waals surface area contributed by atoms with Gasteiger partial charge in [-0.25, -0.2) is 0 Å². The monoisotopic (exact) mass is 154 g/mol. The predicted molar refractivity (Wildman–Crippen MR) is 47.4 cm³/mol. The van der Waals surface area contributed by atoms with E-state index in [4.69, 9.17) is 0 Å². The molecule has 1 heteroatoms. The fourth-order valence-corrected chi connectivity index (χ4v) is 1.48. The molecule has 1 N–H and O–H groups in total. The second-order valence-electron chi connectivity index (χ2n) is 4.47. The van der Waals surface area contributed by atoms with Gasteiger partial charge in [0.05, 0.1) is 5.60 Å². The predicted octanol–water partition coefficient (Wildman–Crippen LogP) is 2.50. The Morgan fingerprint density at radius 3 is 2.27 bits per heavy atom. The summed E-state index contributed by atoms with van der Waals surface area (Å²) in [6.07, 6.45) is 7.21. The molecule has 0 radical (unpaired) electrons. The van der Waals surface area contributed by atoms with E-state index in [9.17, 15) is 5.11 Å². The molecule has 0 heterocycles. The first-order valence-corrected chi connectivity index (χ1v) is 4.36. The van der Waals surface area contributed by atoms with Crippen LogP contribution in [0, 0.1) is 5.41 Å². The van der Waals surface area contributed by atoms with Crippen LogP contribution in [0.1, 0.15) is 40.0 Å². The Morgan fingerprint density at radius 1 is 1.36 bits per heavy atom. The van der Waals surface area contributed by atoms with Gasteiger partial charge in [-0.3, -0.25) is 0 Å². The van der Waals surface area contributed by atoms with E-state index in [1.807, 2.05) is 6.08 Å². The zero-order valence-corrected chi connectivity index (χ0v) is 7.72. The van der Waals surface area contributed by atoms with Gasteiger partial charge in [0, 0.05) is 0 Å². The van der Waals surface area contributed by atoms with Crippen LogP contribution >= 0.6 is 0 Å². The van der Waals surface area contributed by atoms with E-state index in [0.29, 0.717) is 0 Å². The number of hydrogen-bond donors (Lipinski definition) is 1. The van der Waals surface area contributed by atoms with Crippen molar-refractivity contribution >= 4 is 0 Å². The van der Waals surface area contributed by atoms with E-state index in [0.717, 1.165) is 19.3 Å². The third-order valence-electron chi connectivity index (χ3n) is 2.62. The lowest BCUT2D eigenvalue weighted by atomic mass is 9.71. The van der Waals surface area contributed by atoms with Crippen molar-refractivity contribution in [1.29, 1.82) is 0 Å². The van der Waals surface area contributed by atoms with Gasteiger partial charge in [-0.1, -0.05) is 32.9 Å². The Balaban J connectivity index is 2.80. The van der Waals surface area contributed by atoms with Gasteiger partial charge in [-0.2, -0.15) is 0 Å². The molecule has 1 aliphatic carbocycles. The first-order chi connectivity index (χ1) is 4.96. The maximum Gasteiger partial charge on any atom is 0.0875 e. The quantitative estimate of drug-likeness (QED) is 0.531. The summed E-state index contributed by atoms with van der Waals surface area (Å²) in [6.45, 7) is 6.26. The maximum absolute atomic E-state index is 10.1. The lowest BCUT2D eigenvalue weighted by molar-refractivity contribution is -0.0255. The van der Waals surface area contributed by atoms with Gasteiger partial charge in [0.1, 0.15) is 0 Å². The molecule has 1 atom stereocenters. The molecular formula is C10H18O. The summed E-state index contributed by atoms with van der Waals surface area (Å²) in [7, 11) is 0. The number of aliphatic hydroxyl groups is 1. The molecule has 11 heavy (non-hydrogen) atoms. The molecule has 0 amide bonds. The molecule has 1 nitrogen and oxygen atoms in total. The minimum absolute atomic E-state index is 0.0239. The summed E-state index contributed by atoms with van der Waals surface area (Å²) in [6, 6.07) is 0. The average Bonchev–Trinajstić information content (AvgIpc) is 1.87. The standard InChI is InChI=1S/C10H18O/c1-9(2,3)10(11)7-5-4-6-8-10/h5,7,11H,4,6,8H2,1-3H3/t10-/m0/s1. The van der Waals surface area contributed by atoms with Crippen LogP contribution in [0.15, 0.2) is 12.2 Å². The van der Waals surface area contributed by atoms with Crippen molar-refractivity contribution in [3.05, 3.63) is 12.2 Å². The largest absolute Gasteiger partial charge is 0.385 e. The molecule has 64 valence electrons. The maximum atomic E-state index is 10.1. The molecule has 0 aromatic carbocycles. The summed E-state index contributed by atoms with van der Waals surface area (Å²) in [5, 5.41) is 10.1. The van der Waals surface area contributed by atoms with Gasteiger partial charge >= 0.3 is 0 Å². The van der Waals surface area contributed by atoms with Crippen LogP contribution in [0.3, 0.4) is 0 Å². The van der Waals surface area contributed by atoms with E-state index in [1.54, 1.807) is 0 Å². The Bertz CT molecular complexity index is 164. The van der Waals surface area contributed by atoms with Crippen LogP contribution in [-0.4, -0.2) is 10.7 Å². The Labute approximate surface area is 69.1 Å². The second-order valence-corrected chi connectivity index (χ2v) is 4.47. The van der Waals surface area contributed by atoms with Crippen LogP contribution in [-0.2, 0) is 0 Å². The highest BCUT2D eigenvalue weighted by Gasteiger charge is 2.37. The summed E-state index contributed by atoms with van der Waals surface area (Å²) in [5.74, 6) is 0. The molecule has 0 saturated heterocycles. The smallest absolute Gasteiger partial charge is 0.0875 e. The van der Waals surface area contributed by atoms with Crippen LogP contribution in [0.25, 0.3) is 0 Å². The molecule has 0 spiro atoms. The fourth-order valence-electron chi connectivity index (χ4n) is 1.48. The Morgan fingerprint density at radius 2 is 2.00 bits per heavy atom. The SMILES string of the molecule is CC(C)(C)[C@]1(O)C=CCCC1. The van der Waals surface area contributed by atoms with Crippen LogP contribution in [0.4, 0.5) is 0 Å². The summed E-state index contributed by atoms with van der Waals surface area (Å²) < 4.78 is 0. The van der Waals surface area contributed by atoms with E-state index in [-0.39, 0.29) is 5.41 Å². The van der Waals surface area contributed by atoms with Gasteiger partial charge in [-0.05, 0) is 24.7 Å². The average molecular weight is 154 g/mol. The minimum Gasteiger partial charge on any atom is -0.385 e. The second kappa shape index (κ2) is 2.63. The number of hydrogen-bond acceptors (Lipinski definition) is 1. The summed E-state index contributed by atoms with van der Waals surface area (Å²) >= 11 is 0. The summed E-state index contributed by atoms with van der Waals surface area (Å²) in [4.78, 5) is 0. The van der Waals surface area contributed by atoms with Crippen LogP contribution < -0.4 is 0 Å². The Hall–Kier alpha value is -0.300. The molecule has 1 aliphatic rings. The van der Waals surface area contributed by atoms with Gasteiger partial charge in [0.2, 0.25) is 0 Å². The topological polar surface area (TPSA) is 20.2 Å². The van der Waals surface area contributed by atoms with E-state index >= 15 is 0 Å². The lowest BCUT2D eigenvalue weighted by Crippen LogP contribution is -2.41. The zero-order chi connectivity index (χ0) is 8.54. The number of rotatable bonds is 0. The van der Waals surface area contributed by atoms with Crippen molar-refractivity contribution in [2.75, 3.05) is 0 Å². The molecule has 0 aromatic rings. The van der Waals surface area contributed by atoms with E-state index < -0.39 is 5.60 Å². The zero-order valence-electron chi connectivity index (χ0n) is 7.72. The molecule has 0 saturated carbocycles. The number of allylic oxidation sites excluding steroid dienone is 1. The molecule has 0 bridgehead atoms. The lowest BCUT2D eigenvalue weighted by Gasteiger charge is -2.39. The van der Waals surface area contributed by atoms with E-state index in [2.05, 4.69) is 26.8 Å². The normalized spacial score (nSPS) is 32.4. The van der Waals surface area contributed by atoms with Crippen molar-refractivity contribution in [3.63, 3.8) is 0 Å². The highest BCUT2D eigenvalue weighted by atomic mass is 16.3. The van der Waals surface area contributed by atoms with Crippen LogP contribution in [0.5, 0.6) is 0 Å². The van der Waals surface area contributed by atoms with Crippen LogP contribution in [0.2, 0.25) is 0 Å². The fraction of sp³-hybridized carbons (Fsp3) is 0.800. The first-order valence-electron chi connectivity index (χ1n) is 4.36. The van der Waals surface area contributed by atoms with Gasteiger partial charge in [0.25, 0.3) is 0 Å². The van der Waals surface area contributed by atoms with Crippen molar-refractivity contribution < 1.29 is 5.11 Å². The molecule has 0 aliphatic heterocycles. The minimum atomic E-state index is -0.564. The Kier molecular flexibility index (Phi) is 2.10. The third kappa shape index (κ3) is 1.64. The highest BCUT2D eigenvalue weighted by molar-refractivity contribution is 5.10. The van der Waals surface area contributed by atoms with Crippen molar-refractivity contribution in [2.45, 2.75) is 45.6 Å². The first kappa shape index (κ1) is 8.79.